The fraction of sp³-hybridized carbons (Fsp3) is 0.588. The van der Waals surface area contributed by atoms with Gasteiger partial charge in [0.25, 0.3) is 0 Å². The normalized spacial score (nSPS) is 20.0. The summed E-state index contributed by atoms with van der Waals surface area (Å²) in [5.41, 5.74) is 6.26. The van der Waals surface area contributed by atoms with E-state index in [0.29, 0.717) is 24.3 Å². The Morgan fingerprint density at radius 1 is 1.05 bits per heavy atom. The first-order chi connectivity index (χ1) is 20.8. The lowest BCUT2D eigenvalue weighted by atomic mass is 9.80. The third-order valence-corrected chi connectivity index (χ3v) is 9.23. The minimum atomic E-state index is -1.08. The Morgan fingerprint density at radius 2 is 1.67 bits per heavy atom. The van der Waals surface area contributed by atoms with Crippen LogP contribution < -0.4 is 11.1 Å². The second-order valence-electron chi connectivity index (χ2n) is 12.4. The van der Waals surface area contributed by atoms with Crippen molar-refractivity contribution in [3.05, 3.63) is 59.5 Å². The molecule has 4 rings (SSSR count). The van der Waals surface area contributed by atoms with Gasteiger partial charge in [0.2, 0.25) is 17.7 Å². The molecule has 2 aliphatic heterocycles. The first-order valence-electron chi connectivity index (χ1n) is 16.1. The zero-order chi connectivity index (χ0) is 30.8. The number of anilines is 1. The topological polar surface area (TPSA) is 109 Å². The highest BCUT2D eigenvalue weighted by atomic mass is 19.1. The van der Waals surface area contributed by atoms with E-state index in [2.05, 4.69) is 17.2 Å². The van der Waals surface area contributed by atoms with Gasteiger partial charge < -0.3 is 16.0 Å². The lowest BCUT2D eigenvalue weighted by Gasteiger charge is -2.33. The number of primary amides is 1. The van der Waals surface area contributed by atoms with Gasteiger partial charge in [-0.1, -0.05) is 89.3 Å². The standard InChI is InChI=1S/C34H48FN5O3/c1-3-4-5-6-7-8-9-10-11-12-13-21-39(2)28(22-25-16-18-26(35)19-17-25)32(42)40-24-34(23-29(40)30(36)41)27-15-14-20-37-31(27)38-33(34)43/h14-20,28-29H,3-13,21-24H2,1-2H3,(H2,36,41)(H,37,38,43)/t28-,29-,34-/m0/s1. The molecule has 43 heavy (non-hydrogen) atoms. The number of likely N-dealkylation sites (N-methyl/N-ethyl adjacent to an activating group) is 1. The smallest absolute Gasteiger partial charge is 0.240 e. The Morgan fingerprint density at radius 3 is 2.30 bits per heavy atom. The molecule has 1 fully saturated rings. The summed E-state index contributed by atoms with van der Waals surface area (Å²) in [5, 5.41) is 2.82. The lowest BCUT2D eigenvalue weighted by molar-refractivity contribution is -0.141. The number of hydrogen-bond acceptors (Lipinski definition) is 5. The molecule has 0 saturated carbocycles. The van der Waals surface area contributed by atoms with E-state index in [0.717, 1.165) is 18.4 Å². The third kappa shape index (κ3) is 7.99. The zero-order valence-electron chi connectivity index (χ0n) is 25.8. The van der Waals surface area contributed by atoms with Gasteiger partial charge in [-0.25, -0.2) is 9.37 Å². The summed E-state index contributed by atoms with van der Waals surface area (Å²) < 4.78 is 13.7. The van der Waals surface area contributed by atoms with Gasteiger partial charge >= 0.3 is 0 Å². The van der Waals surface area contributed by atoms with Gasteiger partial charge in [0.15, 0.2) is 0 Å². The number of rotatable bonds is 17. The highest BCUT2D eigenvalue weighted by molar-refractivity contribution is 6.07. The average Bonchev–Trinajstić information content (AvgIpc) is 3.54. The van der Waals surface area contributed by atoms with Gasteiger partial charge in [0.1, 0.15) is 17.7 Å². The molecule has 3 heterocycles. The Hall–Kier alpha value is -3.33. The van der Waals surface area contributed by atoms with Crippen molar-refractivity contribution in [1.82, 2.24) is 14.8 Å². The van der Waals surface area contributed by atoms with Crippen LogP contribution in [0.5, 0.6) is 0 Å². The van der Waals surface area contributed by atoms with Crippen molar-refractivity contribution < 1.29 is 18.8 Å². The Kier molecular flexibility index (Phi) is 11.7. The number of unbranched alkanes of at least 4 members (excludes halogenated alkanes) is 10. The largest absolute Gasteiger partial charge is 0.368 e. The molecular formula is C34H48FN5O3. The van der Waals surface area contributed by atoms with Crippen LogP contribution in [0, 0.1) is 5.82 Å². The van der Waals surface area contributed by atoms with E-state index in [1.54, 1.807) is 24.4 Å². The Labute approximate surface area is 255 Å². The number of pyridine rings is 1. The first-order valence-corrected chi connectivity index (χ1v) is 16.1. The summed E-state index contributed by atoms with van der Waals surface area (Å²) in [7, 11) is 1.93. The van der Waals surface area contributed by atoms with Gasteiger partial charge in [0.05, 0.1) is 11.5 Å². The lowest BCUT2D eigenvalue weighted by Crippen LogP contribution is -2.53. The fourth-order valence-electron chi connectivity index (χ4n) is 6.64. The number of nitrogens with two attached hydrogens (primary N) is 1. The number of carbonyl (C=O) groups excluding carboxylic acids is 3. The van der Waals surface area contributed by atoms with Crippen LogP contribution >= 0.6 is 0 Å². The number of halogens is 1. The number of carbonyl (C=O) groups is 3. The fourth-order valence-corrected chi connectivity index (χ4v) is 6.64. The van der Waals surface area contributed by atoms with Crippen molar-refractivity contribution in [2.75, 3.05) is 25.5 Å². The predicted octanol–water partition coefficient (Wildman–Crippen LogP) is 5.35. The highest BCUT2D eigenvalue weighted by Crippen LogP contribution is 2.45. The van der Waals surface area contributed by atoms with Crippen LogP contribution in [-0.2, 0) is 26.2 Å². The molecule has 3 atom stereocenters. The molecule has 2 aromatic rings. The van der Waals surface area contributed by atoms with Crippen LogP contribution in [0.3, 0.4) is 0 Å². The molecule has 8 nitrogen and oxygen atoms in total. The maximum absolute atomic E-state index is 14.3. The van der Waals surface area contributed by atoms with E-state index in [9.17, 15) is 18.8 Å². The summed E-state index contributed by atoms with van der Waals surface area (Å²) >= 11 is 0. The SMILES string of the molecule is CCCCCCCCCCCCCN(C)[C@@H](Cc1ccc(F)cc1)C(=O)N1C[C@]2(C[C@H]1C(N)=O)C(=O)Nc1ncccc12. The van der Waals surface area contributed by atoms with Gasteiger partial charge in [-0.05, 0) is 56.6 Å². The molecule has 234 valence electrons. The minimum absolute atomic E-state index is 0.0518. The van der Waals surface area contributed by atoms with Gasteiger partial charge in [-0.15, -0.1) is 0 Å². The van der Waals surface area contributed by atoms with E-state index >= 15 is 0 Å². The monoisotopic (exact) mass is 593 g/mol. The van der Waals surface area contributed by atoms with E-state index in [1.165, 1.54) is 74.8 Å². The number of fused-ring (bicyclic) bond motifs is 2. The maximum atomic E-state index is 14.3. The van der Waals surface area contributed by atoms with Crippen molar-refractivity contribution in [2.24, 2.45) is 5.73 Å². The predicted molar refractivity (Wildman–Crippen MR) is 167 cm³/mol. The molecular weight excluding hydrogens is 545 g/mol. The van der Waals surface area contributed by atoms with Crippen molar-refractivity contribution in [1.29, 1.82) is 0 Å². The van der Waals surface area contributed by atoms with Crippen LogP contribution in [0.15, 0.2) is 42.6 Å². The summed E-state index contributed by atoms with van der Waals surface area (Å²) in [6.07, 6.45) is 15.7. The van der Waals surface area contributed by atoms with Crippen LogP contribution in [-0.4, -0.2) is 64.7 Å². The molecule has 9 heteroatoms. The molecule has 0 radical (unpaired) electrons. The number of likely N-dealkylation sites (tertiary alicyclic amines) is 1. The van der Waals surface area contributed by atoms with Crippen molar-refractivity contribution >= 4 is 23.5 Å². The number of hydrogen-bond donors (Lipinski definition) is 2. The molecule has 1 aromatic heterocycles. The molecule has 0 aliphatic carbocycles. The number of aromatic nitrogens is 1. The van der Waals surface area contributed by atoms with Gasteiger partial charge in [-0.3, -0.25) is 19.3 Å². The summed E-state index contributed by atoms with van der Waals surface area (Å²) in [5.74, 6) is -1.03. The van der Waals surface area contributed by atoms with Crippen molar-refractivity contribution in [2.45, 2.75) is 108 Å². The summed E-state index contributed by atoms with van der Waals surface area (Å²) in [6.45, 7) is 3.00. The van der Waals surface area contributed by atoms with Crippen LogP contribution in [0.2, 0.25) is 0 Å². The molecule has 1 spiro atoms. The molecule has 2 aliphatic rings. The molecule has 0 unspecified atom stereocenters. The van der Waals surface area contributed by atoms with Gasteiger partial charge in [0, 0.05) is 18.3 Å². The highest BCUT2D eigenvalue weighted by Gasteiger charge is 2.58. The molecule has 0 bridgehead atoms. The van der Waals surface area contributed by atoms with Crippen LogP contribution in [0.4, 0.5) is 10.2 Å². The van der Waals surface area contributed by atoms with Gasteiger partial charge in [-0.2, -0.15) is 0 Å². The van der Waals surface area contributed by atoms with E-state index in [1.807, 2.05) is 18.0 Å². The van der Waals surface area contributed by atoms with E-state index < -0.39 is 23.4 Å². The molecule has 3 amide bonds. The molecule has 3 N–H and O–H groups in total. The Balaban J connectivity index is 1.41. The van der Waals surface area contributed by atoms with Crippen LogP contribution in [0.25, 0.3) is 0 Å². The first kappa shape index (κ1) is 32.6. The van der Waals surface area contributed by atoms with Crippen LogP contribution in [0.1, 0.15) is 95.1 Å². The molecule has 1 saturated heterocycles. The third-order valence-electron chi connectivity index (χ3n) is 9.23. The minimum Gasteiger partial charge on any atom is -0.368 e. The van der Waals surface area contributed by atoms with Crippen molar-refractivity contribution in [3.8, 4) is 0 Å². The average molecular weight is 594 g/mol. The molecule has 1 aromatic carbocycles. The van der Waals surface area contributed by atoms with Crippen molar-refractivity contribution in [3.63, 3.8) is 0 Å². The second kappa shape index (κ2) is 15.4. The number of benzene rings is 1. The number of nitrogens with zero attached hydrogens (tertiary/aromatic N) is 3. The number of amides is 3. The maximum Gasteiger partial charge on any atom is 0.240 e. The number of nitrogens with one attached hydrogen (secondary N) is 1. The van der Waals surface area contributed by atoms with E-state index in [4.69, 9.17) is 5.73 Å². The second-order valence-corrected chi connectivity index (χ2v) is 12.4. The Bertz CT molecular complexity index is 1240. The summed E-state index contributed by atoms with van der Waals surface area (Å²) in [6, 6.07) is 8.22. The summed E-state index contributed by atoms with van der Waals surface area (Å²) in [4.78, 5) is 48.0. The quantitative estimate of drug-likeness (QED) is 0.240. The zero-order valence-corrected chi connectivity index (χ0v) is 25.8. The van der Waals surface area contributed by atoms with E-state index in [-0.39, 0.29) is 30.6 Å².